The molecular weight excluding hydrogens is 349 g/mol. The number of carbonyl (C=O) groups is 2. The van der Waals surface area contributed by atoms with E-state index in [9.17, 15) is 19.1 Å². The van der Waals surface area contributed by atoms with E-state index in [0.717, 1.165) is 15.7 Å². The fraction of sp³-hybridized carbons (Fsp3) is 0.150. The van der Waals surface area contributed by atoms with Crippen molar-refractivity contribution in [1.82, 2.24) is 4.57 Å². The molecule has 0 aliphatic heterocycles. The lowest BCUT2D eigenvalue weighted by atomic mass is 10.1. The van der Waals surface area contributed by atoms with E-state index >= 15 is 0 Å². The molecule has 3 aromatic rings. The number of hydrogen-bond donors (Lipinski definition) is 1. The molecule has 1 aromatic heterocycles. The van der Waals surface area contributed by atoms with Gasteiger partial charge in [0.25, 0.3) is 0 Å². The Kier molecular flexibility index (Phi) is 4.77. The lowest BCUT2D eigenvalue weighted by Crippen LogP contribution is -2.23. The van der Waals surface area contributed by atoms with Gasteiger partial charge in [0, 0.05) is 24.1 Å². The molecule has 138 valence electrons. The van der Waals surface area contributed by atoms with Gasteiger partial charge < -0.3 is 5.11 Å². The summed E-state index contributed by atoms with van der Waals surface area (Å²) in [4.78, 5) is 23.5. The molecule has 7 heteroatoms. The molecule has 1 amide bonds. The molecule has 3 rings (SSSR count). The Morgan fingerprint density at radius 1 is 1.19 bits per heavy atom. The zero-order valence-corrected chi connectivity index (χ0v) is 15.1. The Morgan fingerprint density at radius 2 is 1.93 bits per heavy atom. The molecule has 0 unspecified atom stereocenters. The smallest absolute Gasteiger partial charge is 0.416 e. The number of hydrazone groups is 1. The Bertz CT molecular complexity index is 1090. The minimum Gasteiger partial charge on any atom is -0.464 e. The van der Waals surface area contributed by atoms with Gasteiger partial charge in [-0.15, -0.1) is 0 Å². The predicted molar refractivity (Wildman–Crippen MR) is 102 cm³/mol. The summed E-state index contributed by atoms with van der Waals surface area (Å²) in [6.07, 6.45) is 1.52. The third kappa shape index (κ3) is 3.57. The van der Waals surface area contributed by atoms with Gasteiger partial charge in [-0.3, -0.25) is 9.36 Å². The number of carboxylic acid groups (broad SMARTS) is 1. The molecule has 0 atom stereocenters. The standard InChI is InChI=1S/C20H18FN3O3/c1-12-4-6-18(13(2)8-12)24(14(3)25)22-10-15-11-23(20(26)27)19-7-5-16(21)9-17(15)19/h4-11H,1-3H3,(H,26,27)/b22-10+. The molecule has 27 heavy (non-hydrogen) atoms. The normalized spacial score (nSPS) is 11.3. The number of rotatable bonds is 3. The fourth-order valence-corrected chi connectivity index (χ4v) is 2.96. The van der Waals surface area contributed by atoms with Crippen molar-refractivity contribution in [2.24, 2.45) is 5.10 Å². The first-order valence-corrected chi connectivity index (χ1v) is 8.24. The highest BCUT2D eigenvalue weighted by Crippen LogP contribution is 2.24. The van der Waals surface area contributed by atoms with Gasteiger partial charge in [0.1, 0.15) is 5.82 Å². The van der Waals surface area contributed by atoms with Crippen LogP contribution in [0.2, 0.25) is 0 Å². The molecule has 0 aliphatic rings. The fourth-order valence-electron chi connectivity index (χ4n) is 2.96. The van der Waals surface area contributed by atoms with Gasteiger partial charge in [-0.1, -0.05) is 17.7 Å². The second-order valence-corrected chi connectivity index (χ2v) is 6.26. The van der Waals surface area contributed by atoms with E-state index in [0.29, 0.717) is 22.2 Å². The number of carbonyl (C=O) groups excluding carboxylic acids is 1. The van der Waals surface area contributed by atoms with E-state index in [1.807, 2.05) is 26.0 Å². The van der Waals surface area contributed by atoms with Gasteiger partial charge in [0.05, 0.1) is 17.4 Å². The summed E-state index contributed by atoms with van der Waals surface area (Å²) >= 11 is 0. The second-order valence-electron chi connectivity index (χ2n) is 6.26. The summed E-state index contributed by atoms with van der Waals surface area (Å²) in [5.74, 6) is -0.788. The maximum Gasteiger partial charge on any atom is 0.416 e. The molecule has 1 heterocycles. The van der Waals surface area contributed by atoms with Crippen LogP contribution in [0.3, 0.4) is 0 Å². The van der Waals surface area contributed by atoms with Crippen molar-refractivity contribution in [3.63, 3.8) is 0 Å². The van der Waals surface area contributed by atoms with Crippen LogP contribution in [0.15, 0.2) is 47.7 Å². The molecule has 0 bridgehead atoms. The average Bonchev–Trinajstić information content (AvgIpc) is 2.94. The van der Waals surface area contributed by atoms with Crippen molar-refractivity contribution in [2.45, 2.75) is 20.8 Å². The van der Waals surface area contributed by atoms with Crippen molar-refractivity contribution < 1.29 is 19.1 Å². The lowest BCUT2D eigenvalue weighted by molar-refractivity contribution is -0.116. The van der Waals surface area contributed by atoms with Gasteiger partial charge in [0.2, 0.25) is 5.91 Å². The number of hydrogen-bond acceptors (Lipinski definition) is 3. The van der Waals surface area contributed by atoms with Crippen molar-refractivity contribution >= 4 is 34.8 Å². The third-order valence-corrected chi connectivity index (χ3v) is 4.19. The SMILES string of the molecule is CC(=O)N(/N=C/c1cn(C(=O)O)c2ccc(F)cc12)c1ccc(C)cc1C. The van der Waals surface area contributed by atoms with Crippen LogP contribution in [-0.4, -0.2) is 27.9 Å². The van der Waals surface area contributed by atoms with Crippen LogP contribution in [0.5, 0.6) is 0 Å². The van der Waals surface area contributed by atoms with E-state index in [-0.39, 0.29) is 5.91 Å². The Morgan fingerprint density at radius 3 is 2.56 bits per heavy atom. The molecule has 0 fully saturated rings. The topological polar surface area (TPSA) is 74.9 Å². The largest absolute Gasteiger partial charge is 0.464 e. The molecule has 2 aromatic carbocycles. The molecule has 0 saturated carbocycles. The number of aryl methyl sites for hydroxylation is 2. The predicted octanol–water partition coefficient (Wildman–Crippen LogP) is 4.31. The van der Waals surface area contributed by atoms with Crippen molar-refractivity contribution in [2.75, 3.05) is 5.01 Å². The van der Waals surface area contributed by atoms with E-state index in [1.165, 1.54) is 42.5 Å². The zero-order valence-electron chi connectivity index (χ0n) is 15.1. The lowest BCUT2D eigenvalue weighted by Gasteiger charge is -2.17. The van der Waals surface area contributed by atoms with Crippen molar-refractivity contribution in [1.29, 1.82) is 0 Å². The first kappa shape index (κ1) is 18.3. The van der Waals surface area contributed by atoms with Gasteiger partial charge in [-0.2, -0.15) is 5.10 Å². The summed E-state index contributed by atoms with van der Waals surface area (Å²) < 4.78 is 14.6. The van der Waals surface area contributed by atoms with Crippen LogP contribution in [0.4, 0.5) is 14.9 Å². The van der Waals surface area contributed by atoms with Crippen LogP contribution in [0.25, 0.3) is 10.9 Å². The third-order valence-electron chi connectivity index (χ3n) is 4.19. The number of anilines is 1. The quantitative estimate of drug-likeness (QED) is 0.554. The van der Waals surface area contributed by atoms with Crippen LogP contribution in [0.1, 0.15) is 23.6 Å². The van der Waals surface area contributed by atoms with Crippen LogP contribution in [-0.2, 0) is 4.79 Å². The van der Waals surface area contributed by atoms with Crippen molar-refractivity contribution in [3.05, 3.63) is 65.1 Å². The molecular formula is C20H18FN3O3. The van der Waals surface area contributed by atoms with Crippen LogP contribution < -0.4 is 5.01 Å². The maximum atomic E-state index is 13.6. The Hall–Kier alpha value is -3.48. The molecule has 0 radical (unpaired) electrons. The van der Waals surface area contributed by atoms with E-state index in [1.54, 1.807) is 6.07 Å². The average molecular weight is 367 g/mol. The summed E-state index contributed by atoms with van der Waals surface area (Å²) in [5.41, 5.74) is 3.29. The Balaban J connectivity index is 2.09. The number of amides is 1. The zero-order chi connectivity index (χ0) is 19.7. The highest BCUT2D eigenvalue weighted by molar-refractivity contribution is 6.04. The van der Waals surface area contributed by atoms with Crippen molar-refractivity contribution in [3.8, 4) is 0 Å². The number of nitrogens with zero attached hydrogens (tertiary/aromatic N) is 3. The number of aromatic nitrogens is 1. The highest BCUT2D eigenvalue weighted by atomic mass is 19.1. The molecule has 0 saturated heterocycles. The Labute approximate surface area is 155 Å². The monoisotopic (exact) mass is 367 g/mol. The van der Waals surface area contributed by atoms with Gasteiger partial charge >= 0.3 is 6.09 Å². The second kappa shape index (κ2) is 7.03. The summed E-state index contributed by atoms with van der Waals surface area (Å²) in [5, 5.41) is 15.2. The number of fused-ring (bicyclic) bond motifs is 1. The number of halogens is 1. The summed E-state index contributed by atoms with van der Waals surface area (Å²) in [6, 6.07) is 9.43. The highest BCUT2D eigenvalue weighted by Gasteiger charge is 2.15. The van der Waals surface area contributed by atoms with Gasteiger partial charge in [-0.05, 0) is 43.7 Å². The van der Waals surface area contributed by atoms with Crippen LogP contribution >= 0.6 is 0 Å². The molecule has 6 nitrogen and oxygen atoms in total. The summed E-state index contributed by atoms with van der Waals surface area (Å²) in [7, 11) is 0. The maximum absolute atomic E-state index is 13.6. The number of benzene rings is 2. The van der Waals surface area contributed by atoms with Crippen LogP contribution in [0, 0.1) is 19.7 Å². The van der Waals surface area contributed by atoms with Gasteiger partial charge in [-0.25, -0.2) is 14.2 Å². The molecule has 1 N–H and O–H groups in total. The van der Waals surface area contributed by atoms with E-state index in [2.05, 4.69) is 5.10 Å². The first-order chi connectivity index (χ1) is 12.8. The first-order valence-electron chi connectivity index (χ1n) is 8.24. The van der Waals surface area contributed by atoms with E-state index in [4.69, 9.17) is 0 Å². The molecule has 0 spiro atoms. The minimum atomic E-state index is -1.19. The minimum absolute atomic E-state index is 0.300. The van der Waals surface area contributed by atoms with Gasteiger partial charge in [0.15, 0.2) is 0 Å². The van der Waals surface area contributed by atoms with E-state index < -0.39 is 11.9 Å². The molecule has 0 aliphatic carbocycles. The summed E-state index contributed by atoms with van der Waals surface area (Å²) in [6.45, 7) is 5.21.